The molecule has 0 radical (unpaired) electrons. The first kappa shape index (κ1) is 12.1. The van der Waals surface area contributed by atoms with Gasteiger partial charge >= 0.3 is 0 Å². The van der Waals surface area contributed by atoms with E-state index in [4.69, 9.17) is 5.21 Å². The van der Waals surface area contributed by atoms with Crippen molar-refractivity contribution in [3.05, 3.63) is 29.8 Å². The second-order valence-electron chi connectivity index (χ2n) is 4.03. The molecule has 0 unspecified atom stereocenters. The van der Waals surface area contributed by atoms with E-state index in [9.17, 15) is 0 Å². The van der Waals surface area contributed by atoms with Gasteiger partial charge in [-0.25, -0.2) is 0 Å². The van der Waals surface area contributed by atoms with Gasteiger partial charge in [-0.15, -0.1) is 0 Å². The van der Waals surface area contributed by atoms with Gasteiger partial charge in [-0.3, -0.25) is 10.7 Å². The molecule has 2 nitrogen and oxygen atoms in total. The molecule has 1 aromatic carbocycles. The SMILES string of the molecule is CCC(CC)(CC)c1ccc(NO)cc1. The average Bonchev–Trinajstić information content (AvgIpc) is 2.33. The third-order valence-corrected chi connectivity index (χ3v) is 3.66. The highest BCUT2D eigenvalue weighted by atomic mass is 16.5. The van der Waals surface area contributed by atoms with E-state index >= 15 is 0 Å². The highest BCUT2D eigenvalue weighted by Crippen LogP contribution is 2.35. The lowest BCUT2D eigenvalue weighted by atomic mass is 9.74. The van der Waals surface area contributed by atoms with Gasteiger partial charge in [0.15, 0.2) is 0 Å². The maximum Gasteiger partial charge on any atom is 0.0602 e. The van der Waals surface area contributed by atoms with Crippen molar-refractivity contribution in [1.29, 1.82) is 0 Å². The molecule has 0 heterocycles. The van der Waals surface area contributed by atoms with Crippen LogP contribution < -0.4 is 5.48 Å². The lowest BCUT2D eigenvalue weighted by molar-refractivity contribution is 0.380. The van der Waals surface area contributed by atoms with Crippen molar-refractivity contribution in [2.75, 3.05) is 5.48 Å². The molecule has 84 valence electrons. The summed E-state index contributed by atoms with van der Waals surface area (Å²) in [5.41, 5.74) is 4.57. The maximum absolute atomic E-state index is 8.75. The van der Waals surface area contributed by atoms with Crippen molar-refractivity contribution >= 4 is 5.69 Å². The molecule has 15 heavy (non-hydrogen) atoms. The Morgan fingerprint density at radius 3 is 1.80 bits per heavy atom. The first-order valence-electron chi connectivity index (χ1n) is 5.73. The molecule has 1 rings (SSSR count). The van der Waals surface area contributed by atoms with Crippen molar-refractivity contribution < 1.29 is 5.21 Å². The van der Waals surface area contributed by atoms with Crippen molar-refractivity contribution in [3.63, 3.8) is 0 Å². The van der Waals surface area contributed by atoms with E-state index in [1.807, 2.05) is 12.1 Å². The molecule has 0 spiro atoms. The zero-order valence-corrected chi connectivity index (χ0v) is 9.88. The molecule has 0 amide bonds. The Bertz CT molecular complexity index is 280. The van der Waals surface area contributed by atoms with Crippen LogP contribution in [-0.4, -0.2) is 5.21 Å². The Hall–Kier alpha value is -1.02. The smallest absolute Gasteiger partial charge is 0.0602 e. The van der Waals surface area contributed by atoms with Crippen molar-refractivity contribution in [2.24, 2.45) is 0 Å². The number of benzene rings is 1. The molecular formula is C13H21NO. The molecule has 1 aromatic rings. The van der Waals surface area contributed by atoms with Crippen molar-refractivity contribution in [3.8, 4) is 0 Å². The molecule has 0 aromatic heterocycles. The molecule has 0 aliphatic carbocycles. The summed E-state index contributed by atoms with van der Waals surface area (Å²) < 4.78 is 0. The third kappa shape index (κ3) is 2.32. The Kier molecular flexibility index (Phi) is 4.15. The predicted octanol–water partition coefficient (Wildman–Crippen LogP) is 3.96. The van der Waals surface area contributed by atoms with E-state index in [1.54, 1.807) is 0 Å². The lowest BCUT2D eigenvalue weighted by Gasteiger charge is -2.31. The molecule has 0 aliphatic heterocycles. The number of rotatable bonds is 5. The molecule has 0 saturated carbocycles. The molecule has 0 aliphatic rings. The molecule has 2 N–H and O–H groups in total. The van der Waals surface area contributed by atoms with Crippen LogP contribution in [0.2, 0.25) is 0 Å². The van der Waals surface area contributed by atoms with Crippen LogP contribution in [0.15, 0.2) is 24.3 Å². The van der Waals surface area contributed by atoms with E-state index in [0.717, 1.165) is 24.9 Å². The topological polar surface area (TPSA) is 32.3 Å². The largest absolute Gasteiger partial charge is 0.291 e. The van der Waals surface area contributed by atoms with Crippen LogP contribution in [0.25, 0.3) is 0 Å². The Labute approximate surface area is 92.3 Å². The summed E-state index contributed by atoms with van der Waals surface area (Å²) in [7, 11) is 0. The summed E-state index contributed by atoms with van der Waals surface area (Å²) in [4.78, 5) is 0. The van der Waals surface area contributed by atoms with Gasteiger partial charge in [0.1, 0.15) is 0 Å². The zero-order valence-electron chi connectivity index (χ0n) is 9.88. The molecular weight excluding hydrogens is 186 g/mol. The first-order chi connectivity index (χ1) is 7.22. The van der Waals surface area contributed by atoms with Crippen LogP contribution in [0.1, 0.15) is 45.6 Å². The van der Waals surface area contributed by atoms with Gasteiger partial charge in [-0.1, -0.05) is 32.9 Å². The predicted molar refractivity (Wildman–Crippen MR) is 64.4 cm³/mol. The van der Waals surface area contributed by atoms with Crippen LogP contribution in [0, 0.1) is 0 Å². The van der Waals surface area contributed by atoms with Crippen LogP contribution in [0.5, 0.6) is 0 Å². The highest BCUT2D eigenvalue weighted by molar-refractivity contribution is 5.44. The van der Waals surface area contributed by atoms with Gasteiger partial charge in [-0.2, -0.15) is 0 Å². The minimum Gasteiger partial charge on any atom is -0.291 e. The van der Waals surface area contributed by atoms with Gasteiger partial charge in [0.25, 0.3) is 0 Å². The van der Waals surface area contributed by atoms with E-state index in [2.05, 4.69) is 38.4 Å². The van der Waals surface area contributed by atoms with Gasteiger partial charge in [0.2, 0.25) is 0 Å². The molecule has 0 saturated heterocycles. The van der Waals surface area contributed by atoms with Crippen LogP contribution in [0.4, 0.5) is 5.69 Å². The number of hydrogen-bond acceptors (Lipinski definition) is 2. The van der Waals surface area contributed by atoms with Crippen LogP contribution in [-0.2, 0) is 5.41 Å². The second-order valence-corrected chi connectivity index (χ2v) is 4.03. The molecule has 0 fully saturated rings. The summed E-state index contributed by atoms with van der Waals surface area (Å²) in [6.07, 6.45) is 3.48. The number of hydrogen-bond donors (Lipinski definition) is 2. The van der Waals surface area contributed by atoms with Gasteiger partial charge in [-0.05, 0) is 42.4 Å². The summed E-state index contributed by atoms with van der Waals surface area (Å²) >= 11 is 0. The highest BCUT2D eigenvalue weighted by Gasteiger charge is 2.25. The van der Waals surface area contributed by atoms with E-state index < -0.39 is 0 Å². The number of nitrogens with one attached hydrogen (secondary N) is 1. The standard InChI is InChI=1S/C13H21NO/c1-4-13(5-2,6-3)11-7-9-12(14-15)10-8-11/h7-10,14-15H,4-6H2,1-3H3. The van der Waals surface area contributed by atoms with E-state index in [1.165, 1.54) is 5.56 Å². The van der Waals surface area contributed by atoms with Gasteiger partial charge in [0, 0.05) is 0 Å². The maximum atomic E-state index is 8.75. The van der Waals surface area contributed by atoms with Crippen LogP contribution >= 0.6 is 0 Å². The minimum absolute atomic E-state index is 0.300. The monoisotopic (exact) mass is 207 g/mol. The normalized spacial score (nSPS) is 11.5. The first-order valence-corrected chi connectivity index (χ1v) is 5.73. The molecule has 0 atom stereocenters. The second kappa shape index (κ2) is 5.17. The van der Waals surface area contributed by atoms with Gasteiger partial charge < -0.3 is 0 Å². The third-order valence-electron chi connectivity index (χ3n) is 3.66. The zero-order chi connectivity index (χ0) is 11.3. The molecule has 0 bridgehead atoms. The van der Waals surface area contributed by atoms with Crippen LogP contribution in [0.3, 0.4) is 0 Å². The van der Waals surface area contributed by atoms with E-state index in [0.29, 0.717) is 5.41 Å². The van der Waals surface area contributed by atoms with Crippen molar-refractivity contribution in [1.82, 2.24) is 0 Å². The van der Waals surface area contributed by atoms with Gasteiger partial charge in [0.05, 0.1) is 5.69 Å². The number of anilines is 1. The average molecular weight is 207 g/mol. The summed E-state index contributed by atoms with van der Waals surface area (Å²) in [6.45, 7) is 6.72. The van der Waals surface area contributed by atoms with Crippen molar-refractivity contribution in [2.45, 2.75) is 45.4 Å². The Morgan fingerprint density at radius 2 is 1.47 bits per heavy atom. The lowest BCUT2D eigenvalue weighted by Crippen LogP contribution is -2.23. The van der Waals surface area contributed by atoms with E-state index in [-0.39, 0.29) is 0 Å². The summed E-state index contributed by atoms with van der Waals surface area (Å²) in [5.74, 6) is 0. The Balaban J connectivity index is 3.01. The fourth-order valence-electron chi connectivity index (χ4n) is 2.26. The summed E-state index contributed by atoms with van der Waals surface area (Å²) in [5, 5.41) is 8.75. The summed E-state index contributed by atoms with van der Waals surface area (Å²) in [6, 6.07) is 8.06. The Morgan fingerprint density at radius 1 is 1.00 bits per heavy atom. The molecule has 2 heteroatoms. The quantitative estimate of drug-likeness (QED) is 0.716. The fraction of sp³-hybridized carbons (Fsp3) is 0.538. The minimum atomic E-state index is 0.300. The fourth-order valence-corrected chi connectivity index (χ4v) is 2.26.